The summed E-state index contributed by atoms with van der Waals surface area (Å²) < 4.78 is 28.0. The Balaban J connectivity index is 2.39. The van der Waals surface area contributed by atoms with E-state index in [2.05, 4.69) is 0 Å². The number of benzene rings is 1. The lowest BCUT2D eigenvalue weighted by Gasteiger charge is -2.29. The third kappa shape index (κ3) is 2.18. The van der Waals surface area contributed by atoms with Gasteiger partial charge in [0.1, 0.15) is 11.5 Å². The van der Waals surface area contributed by atoms with E-state index >= 15 is 0 Å². The van der Waals surface area contributed by atoms with E-state index in [1.54, 1.807) is 0 Å². The first-order valence-corrected chi connectivity index (χ1v) is 5.49. The first kappa shape index (κ1) is 12.5. The fraction of sp³-hybridized carbons (Fsp3) is 0.214. The second-order valence-electron chi connectivity index (χ2n) is 4.42. The Labute approximate surface area is 103 Å². The van der Waals surface area contributed by atoms with Gasteiger partial charge in [0.15, 0.2) is 0 Å². The number of rotatable bonds is 2. The summed E-state index contributed by atoms with van der Waals surface area (Å²) in [5, 5.41) is 8.77. The predicted molar refractivity (Wildman–Crippen MR) is 64.0 cm³/mol. The van der Waals surface area contributed by atoms with E-state index in [4.69, 9.17) is 5.11 Å². The number of aromatic carboxylic acids is 1. The number of alkyl halides is 1. The second-order valence-corrected chi connectivity index (χ2v) is 4.42. The molecular weight excluding hydrogens is 238 g/mol. The van der Waals surface area contributed by atoms with Crippen LogP contribution in [0.3, 0.4) is 0 Å². The highest BCUT2D eigenvalue weighted by Crippen LogP contribution is 2.41. The van der Waals surface area contributed by atoms with Crippen LogP contribution in [0.15, 0.2) is 48.3 Å². The topological polar surface area (TPSA) is 37.3 Å². The van der Waals surface area contributed by atoms with Crippen LogP contribution >= 0.6 is 0 Å². The average Bonchev–Trinajstić information content (AvgIpc) is 2.28. The number of hydrogen-bond donors (Lipinski definition) is 1. The van der Waals surface area contributed by atoms with Crippen LogP contribution in [0.5, 0.6) is 0 Å². The van der Waals surface area contributed by atoms with Gasteiger partial charge >= 0.3 is 5.97 Å². The summed E-state index contributed by atoms with van der Waals surface area (Å²) in [6.45, 7) is 1.30. The van der Waals surface area contributed by atoms with Crippen molar-refractivity contribution >= 4 is 5.97 Å². The summed E-state index contributed by atoms with van der Waals surface area (Å²) >= 11 is 0. The highest BCUT2D eigenvalue weighted by molar-refractivity contribution is 5.87. The van der Waals surface area contributed by atoms with Gasteiger partial charge in [-0.2, -0.15) is 0 Å². The summed E-state index contributed by atoms with van der Waals surface area (Å²) in [5.74, 6) is -2.65. The molecule has 0 heterocycles. The minimum atomic E-state index is -1.82. The van der Waals surface area contributed by atoms with Crippen molar-refractivity contribution in [2.75, 3.05) is 0 Å². The van der Waals surface area contributed by atoms with Gasteiger partial charge in [-0.15, -0.1) is 0 Å². The SMILES string of the molecule is CC1(F)C=CC=C(F)C1c1ccc(C(=O)O)cc1. The van der Waals surface area contributed by atoms with Crippen LogP contribution in [0, 0.1) is 0 Å². The van der Waals surface area contributed by atoms with E-state index in [0.717, 1.165) is 0 Å². The molecule has 0 saturated carbocycles. The van der Waals surface area contributed by atoms with Crippen LogP contribution in [0.4, 0.5) is 8.78 Å². The summed E-state index contributed by atoms with van der Waals surface area (Å²) in [6, 6.07) is 5.58. The molecule has 1 aromatic carbocycles. The summed E-state index contributed by atoms with van der Waals surface area (Å²) in [6.07, 6.45) is 3.86. The molecule has 0 aromatic heterocycles. The summed E-state index contributed by atoms with van der Waals surface area (Å²) in [4.78, 5) is 10.7. The molecule has 0 fully saturated rings. The lowest BCUT2D eigenvalue weighted by Crippen LogP contribution is -2.27. The highest BCUT2D eigenvalue weighted by Gasteiger charge is 2.38. The van der Waals surface area contributed by atoms with Gasteiger partial charge in [0.2, 0.25) is 0 Å². The molecule has 18 heavy (non-hydrogen) atoms. The first-order chi connectivity index (χ1) is 8.42. The van der Waals surface area contributed by atoms with Crippen molar-refractivity contribution in [3.05, 3.63) is 59.4 Å². The number of carbonyl (C=O) groups is 1. The third-order valence-electron chi connectivity index (χ3n) is 3.01. The van der Waals surface area contributed by atoms with Crippen LogP contribution < -0.4 is 0 Å². The quantitative estimate of drug-likeness (QED) is 0.870. The van der Waals surface area contributed by atoms with E-state index in [1.807, 2.05) is 0 Å². The zero-order valence-corrected chi connectivity index (χ0v) is 9.73. The fourth-order valence-corrected chi connectivity index (χ4v) is 2.09. The zero-order valence-electron chi connectivity index (χ0n) is 9.73. The second kappa shape index (κ2) is 4.37. The van der Waals surface area contributed by atoms with Gasteiger partial charge in [-0.25, -0.2) is 13.6 Å². The summed E-state index contributed by atoms with van der Waals surface area (Å²) in [7, 11) is 0. The molecule has 1 aromatic rings. The molecule has 0 aliphatic heterocycles. The largest absolute Gasteiger partial charge is 0.478 e. The highest BCUT2D eigenvalue weighted by atomic mass is 19.1. The molecule has 94 valence electrons. The Morgan fingerprint density at radius 1 is 1.33 bits per heavy atom. The zero-order chi connectivity index (χ0) is 13.3. The van der Waals surface area contributed by atoms with E-state index in [0.29, 0.717) is 5.56 Å². The molecular formula is C14H12F2O2. The van der Waals surface area contributed by atoms with Crippen molar-refractivity contribution in [1.29, 1.82) is 0 Å². The Morgan fingerprint density at radius 2 is 1.94 bits per heavy atom. The maximum Gasteiger partial charge on any atom is 0.335 e. The van der Waals surface area contributed by atoms with Crippen LogP contribution in [0.25, 0.3) is 0 Å². The van der Waals surface area contributed by atoms with Crippen molar-refractivity contribution in [3.63, 3.8) is 0 Å². The molecule has 1 aliphatic carbocycles. The summed E-state index contributed by atoms with van der Waals surface area (Å²) in [5.41, 5.74) is -1.30. The Bertz CT molecular complexity index is 527. The monoisotopic (exact) mass is 250 g/mol. The standard InChI is InChI=1S/C14H12F2O2/c1-14(16)8-2-3-11(15)12(14)9-4-6-10(7-5-9)13(17)18/h2-8,12H,1H3,(H,17,18). The Morgan fingerprint density at radius 3 is 2.44 bits per heavy atom. The molecule has 2 unspecified atom stereocenters. The molecule has 2 nitrogen and oxygen atoms in total. The third-order valence-corrected chi connectivity index (χ3v) is 3.01. The van der Waals surface area contributed by atoms with Crippen molar-refractivity contribution in [1.82, 2.24) is 0 Å². The van der Waals surface area contributed by atoms with Gasteiger partial charge in [0, 0.05) is 0 Å². The van der Waals surface area contributed by atoms with E-state index in [1.165, 1.54) is 49.4 Å². The normalized spacial score (nSPS) is 26.8. The van der Waals surface area contributed by atoms with Crippen molar-refractivity contribution in [2.24, 2.45) is 0 Å². The van der Waals surface area contributed by atoms with Crippen LogP contribution in [0.2, 0.25) is 0 Å². The minimum absolute atomic E-state index is 0.0926. The maximum absolute atomic E-state index is 14.2. The van der Waals surface area contributed by atoms with Crippen LogP contribution in [-0.2, 0) is 0 Å². The van der Waals surface area contributed by atoms with E-state index in [9.17, 15) is 13.6 Å². The van der Waals surface area contributed by atoms with Gasteiger partial charge < -0.3 is 5.11 Å². The van der Waals surface area contributed by atoms with Gasteiger partial charge in [-0.05, 0) is 36.8 Å². The number of allylic oxidation sites excluding steroid dienone is 4. The molecule has 0 bridgehead atoms. The van der Waals surface area contributed by atoms with E-state index in [-0.39, 0.29) is 5.56 Å². The number of halogens is 2. The Kier molecular flexibility index (Phi) is 3.03. The molecule has 2 atom stereocenters. The molecule has 0 amide bonds. The number of hydrogen-bond acceptors (Lipinski definition) is 1. The first-order valence-electron chi connectivity index (χ1n) is 5.49. The predicted octanol–water partition coefficient (Wildman–Crippen LogP) is 3.62. The van der Waals surface area contributed by atoms with Gasteiger partial charge in [0.25, 0.3) is 0 Å². The molecule has 0 radical (unpaired) electrons. The minimum Gasteiger partial charge on any atom is -0.478 e. The smallest absolute Gasteiger partial charge is 0.335 e. The van der Waals surface area contributed by atoms with Crippen LogP contribution in [0.1, 0.15) is 28.8 Å². The van der Waals surface area contributed by atoms with Crippen molar-refractivity contribution in [2.45, 2.75) is 18.5 Å². The number of carboxylic acid groups (broad SMARTS) is 1. The molecule has 0 saturated heterocycles. The number of carboxylic acids is 1. The maximum atomic E-state index is 14.2. The van der Waals surface area contributed by atoms with Gasteiger partial charge in [-0.1, -0.05) is 18.2 Å². The molecule has 2 rings (SSSR count). The van der Waals surface area contributed by atoms with Gasteiger partial charge in [0.05, 0.1) is 11.5 Å². The van der Waals surface area contributed by atoms with Gasteiger partial charge in [-0.3, -0.25) is 0 Å². The average molecular weight is 250 g/mol. The fourth-order valence-electron chi connectivity index (χ4n) is 2.09. The molecule has 1 aliphatic rings. The van der Waals surface area contributed by atoms with Crippen molar-refractivity contribution in [3.8, 4) is 0 Å². The molecule has 0 spiro atoms. The molecule has 1 N–H and O–H groups in total. The Hall–Kier alpha value is -1.97. The lowest BCUT2D eigenvalue weighted by molar-refractivity contribution is 0.0697. The molecule has 4 heteroatoms. The van der Waals surface area contributed by atoms with Crippen molar-refractivity contribution < 1.29 is 18.7 Å². The van der Waals surface area contributed by atoms with Crippen LogP contribution in [-0.4, -0.2) is 16.7 Å². The van der Waals surface area contributed by atoms with E-state index < -0.39 is 23.4 Å². The lowest BCUT2D eigenvalue weighted by atomic mass is 9.81.